The van der Waals surface area contributed by atoms with Crippen LogP contribution in [0.5, 0.6) is 5.75 Å². The third kappa shape index (κ3) is 2.40. The van der Waals surface area contributed by atoms with Crippen molar-refractivity contribution in [2.45, 2.75) is 19.3 Å². The molecule has 16 heavy (non-hydrogen) atoms. The van der Waals surface area contributed by atoms with E-state index in [4.69, 9.17) is 5.11 Å². The minimum atomic E-state index is -5.02. The van der Waals surface area contributed by atoms with Gasteiger partial charge in [0, 0.05) is 0 Å². The Kier molecular flexibility index (Phi) is 2.82. The van der Waals surface area contributed by atoms with Crippen LogP contribution in [-0.4, -0.2) is 5.11 Å². The van der Waals surface area contributed by atoms with Gasteiger partial charge in [-0.1, -0.05) is 0 Å². The van der Waals surface area contributed by atoms with E-state index in [9.17, 15) is 26.3 Å². The van der Waals surface area contributed by atoms with Crippen molar-refractivity contribution in [3.05, 3.63) is 28.8 Å². The maximum Gasteiger partial charge on any atom is 0.419 e. The molecule has 1 aromatic rings. The van der Waals surface area contributed by atoms with Gasteiger partial charge in [-0.2, -0.15) is 26.3 Å². The van der Waals surface area contributed by atoms with Crippen LogP contribution in [0.4, 0.5) is 26.3 Å². The standard InChI is InChI=1S/C9H6F6O/c1-4-2-5(8(10,11)12)7(16)6(3-4)9(13,14)15/h2-3,16H,1H3. The van der Waals surface area contributed by atoms with Crippen LogP contribution < -0.4 is 0 Å². The summed E-state index contributed by atoms with van der Waals surface area (Å²) in [6, 6.07) is 0.926. The van der Waals surface area contributed by atoms with Crippen LogP contribution in [0.15, 0.2) is 12.1 Å². The molecule has 0 heterocycles. The first-order chi connectivity index (χ1) is 7.03. The zero-order valence-electron chi connectivity index (χ0n) is 7.87. The number of aryl methyl sites for hydroxylation is 1. The van der Waals surface area contributed by atoms with Gasteiger partial charge in [0.05, 0.1) is 11.1 Å². The molecular formula is C9H6F6O. The van der Waals surface area contributed by atoms with Crippen molar-refractivity contribution < 1.29 is 31.4 Å². The largest absolute Gasteiger partial charge is 0.507 e. The third-order valence-corrected chi connectivity index (χ3v) is 1.87. The summed E-state index contributed by atoms with van der Waals surface area (Å²) in [7, 11) is 0. The molecule has 0 aliphatic carbocycles. The molecule has 1 aromatic carbocycles. The van der Waals surface area contributed by atoms with Crippen LogP contribution >= 0.6 is 0 Å². The van der Waals surface area contributed by atoms with E-state index in [1.165, 1.54) is 0 Å². The third-order valence-electron chi connectivity index (χ3n) is 1.87. The number of rotatable bonds is 0. The average Bonchev–Trinajstić information content (AvgIpc) is 2.04. The number of aromatic hydroxyl groups is 1. The molecule has 0 bridgehead atoms. The second kappa shape index (κ2) is 3.57. The summed E-state index contributed by atoms with van der Waals surface area (Å²) in [6.45, 7) is 1.09. The Bertz CT molecular complexity index is 368. The summed E-state index contributed by atoms with van der Waals surface area (Å²) in [5, 5.41) is 8.94. The van der Waals surface area contributed by atoms with Gasteiger partial charge in [-0.15, -0.1) is 0 Å². The lowest BCUT2D eigenvalue weighted by molar-refractivity contribution is -0.145. The maximum atomic E-state index is 12.3. The number of phenolic OH excluding ortho intramolecular Hbond substituents is 1. The molecule has 0 saturated carbocycles. The highest BCUT2D eigenvalue weighted by Crippen LogP contribution is 2.43. The lowest BCUT2D eigenvalue weighted by Gasteiger charge is -2.15. The summed E-state index contributed by atoms with van der Waals surface area (Å²) in [6.07, 6.45) is -10.0. The molecule has 1 rings (SSSR count). The number of hydrogen-bond acceptors (Lipinski definition) is 1. The minimum Gasteiger partial charge on any atom is -0.507 e. The van der Waals surface area contributed by atoms with E-state index < -0.39 is 29.2 Å². The monoisotopic (exact) mass is 244 g/mol. The number of alkyl halides is 6. The van der Waals surface area contributed by atoms with E-state index in [1.54, 1.807) is 0 Å². The van der Waals surface area contributed by atoms with Gasteiger partial charge in [-0.25, -0.2) is 0 Å². The van der Waals surface area contributed by atoms with Crippen molar-refractivity contribution in [2.75, 3.05) is 0 Å². The van der Waals surface area contributed by atoms with Crippen LogP contribution in [0.25, 0.3) is 0 Å². The Morgan fingerprint density at radius 3 is 1.44 bits per heavy atom. The van der Waals surface area contributed by atoms with Crippen LogP contribution in [0.3, 0.4) is 0 Å². The summed E-state index contributed by atoms with van der Waals surface area (Å²) in [5.41, 5.74) is -3.59. The Morgan fingerprint density at radius 2 is 1.19 bits per heavy atom. The minimum absolute atomic E-state index is 0.225. The second-order valence-electron chi connectivity index (χ2n) is 3.20. The SMILES string of the molecule is Cc1cc(C(F)(F)F)c(O)c(C(F)(F)F)c1. The molecular weight excluding hydrogens is 238 g/mol. The molecule has 0 amide bonds. The first-order valence-electron chi connectivity index (χ1n) is 4.01. The fourth-order valence-electron chi connectivity index (χ4n) is 1.21. The number of benzene rings is 1. The maximum absolute atomic E-state index is 12.3. The van der Waals surface area contributed by atoms with E-state index in [-0.39, 0.29) is 5.56 Å². The van der Waals surface area contributed by atoms with Gasteiger partial charge in [0.25, 0.3) is 0 Å². The van der Waals surface area contributed by atoms with Crippen molar-refractivity contribution in [2.24, 2.45) is 0 Å². The molecule has 0 aliphatic heterocycles. The molecule has 0 atom stereocenters. The fraction of sp³-hybridized carbons (Fsp3) is 0.333. The van der Waals surface area contributed by atoms with Crippen LogP contribution in [-0.2, 0) is 12.4 Å². The number of phenols is 1. The topological polar surface area (TPSA) is 20.2 Å². The lowest BCUT2D eigenvalue weighted by Crippen LogP contribution is -2.12. The average molecular weight is 244 g/mol. The van der Waals surface area contributed by atoms with E-state index in [0.717, 1.165) is 6.92 Å². The highest BCUT2D eigenvalue weighted by molar-refractivity contribution is 5.46. The predicted octanol–water partition coefficient (Wildman–Crippen LogP) is 3.74. The predicted molar refractivity (Wildman–Crippen MR) is 42.8 cm³/mol. The van der Waals surface area contributed by atoms with Crippen molar-refractivity contribution in [3.63, 3.8) is 0 Å². The smallest absolute Gasteiger partial charge is 0.419 e. The van der Waals surface area contributed by atoms with Gasteiger partial charge in [0.1, 0.15) is 5.75 Å². The number of hydrogen-bond donors (Lipinski definition) is 1. The van der Waals surface area contributed by atoms with Crippen molar-refractivity contribution in [3.8, 4) is 5.75 Å². The molecule has 0 spiro atoms. The molecule has 1 nitrogen and oxygen atoms in total. The summed E-state index contributed by atoms with van der Waals surface area (Å²) >= 11 is 0. The van der Waals surface area contributed by atoms with Crippen molar-refractivity contribution in [1.82, 2.24) is 0 Å². The Hall–Kier alpha value is -1.40. The van der Waals surface area contributed by atoms with Gasteiger partial charge in [0.15, 0.2) is 0 Å². The van der Waals surface area contributed by atoms with Gasteiger partial charge in [-0.05, 0) is 24.6 Å². The van der Waals surface area contributed by atoms with Gasteiger partial charge in [0.2, 0.25) is 0 Å². The highest BCUT2D eigenvalue weighted by atomic mass is 19.4. The van der Waals surface area contributed by atoms with Crippen LogP contribution in [0, 0.1) is 6.92 Å². The zero-order valence-corrected chi connectivity index (χ0v) is 7.87. The summed E-state index contributed by atoms with van der Waals surface area (Å²) < 4.78 is 73.6. The molecule has 0 aliphatic rings. The molecule has 0 saturated heterocycles. The van der Waals surface area contributed by atoms with Crippen LogP contribution in [0.1, 0.15) is 16.7 Å². The van der Waals surface area contributed by atoms with Crippen LogP contribution in [0.2, 0.25) is 0 Å². The van der Waals surface area contributed by atoms with E-state index in [2.05, 4.69) is 0 Å². The van der Waals surface area contributed by atoms with Gasteiger partial charge in [-0.3, -0.25) is 0 Å². The van der Waals surface area contributed by atoms with E-state index in [0.29, 0.717) is 12.1 Å². The lowest BCUT2D eigenvalue weighted by atomic mass is 10.0. The molecule has 0 aromatic heterocycles. The van der Waals surface area contributed by atoms with Gasteiger partial charge < -0.3 is 5.11 Å². The zero-order chi connectivity index (χ0) is 12.7. The summed E-state index contributed by atoms with van der Waals surface area (Å²) in [5.74, 6) is -1.79. The number of halogens is 6. The highest BCUT2D eigenvalue weighted by Gasteiger charge is 2.41. The summed E-state index contributed by atoms with van der Waals surface area (Å²) in [4.78, 5) is 0. The van der Waals surface area contributed by atoms with E-state index in [1.807, 2.05) is 0 Å². The van der Waals surface area contributed by atoms with Crippen molar-refractivity contribution in [1.29, 1.82) is 0 Å². The quantitative estimate of drug-likeness (QED) is 0.689. The molecule has 7 heteroatoms. The van der Waals surface area contributed by atoms with E-state index >= 15 is 0 Å². The Labute approximate surface area is 86.3 Å². The Morgan fingerprint density at radius 1 is 0.875 bits per heavy atom. The van der Waals surface area contributed by atoms with Gasteiger partial charge >= 0.3 is 12.4 Å². The first kappa shape index (κ1) is 12.7. The second-order valence-corrected chi connectivity index (χ2v) is 3.20. The molecule has 0 unspecified atom stereocenters. The molecule has 0 radical (unpaired) electrons. The Balaban J connectivity index is 3.51. The molecule has 1 N–H and O–H groups in total. The normalized spacial score (nSPS) is 12.9. The van der Waals surface area contributed by atoms with Crippen molar-refractivity contribution >= 4 is 0 Å². The fourth-order valence-corrected chi connectivity index (χ4v) is 1.21. The molecule has 0 fully saturated rings. The molecule has 90 valence electrons. The first-order valence-corrected chi connectivity index (χ1v) is 4.01.